The minimum absolute atomic E-state index is 0.119. The van der Waals surface area contributed by atoms with Gasteiger partial charge in [0.2, 0.25) is 0 Å². The zero-order valence-corrected chi connectivity index (χ0v) is 18.7. The van der Waals surface area contributed by atoms with E-state index in [4.69, 9.17) is 11.6 Å². The van der Waals surface area contributed by atoms with Crippen LogP contribution >= 0.6 is 11.6 Å². The molecule has 1 aliphatic rings. The third-order valence-electron chi connectivity index (χ3n) is 6.11. The number of fused-ring (bicyclic) bond motifs is 2. The maximum atomic E-state index is 13.5. The van der Waals surface area contributed by atoms with Crippen LogP contribution in [-0.2, 0) is 0 Å². The highest BCUT2D eigenvalue weighted by Gasteiger charge is 2.29. The van der Waals surface area contributed by atoms with Crippen molar-refractivity contribution in [1.82, 2.24) is 14.3 Å². The van der Waals surface area contributed by atoms with E-state index in [1.807, 2.05) is 4.90 Å². The number of piperazine rings is 1. The lowest BCUT2D eigenvalue weighted by Gasteiger charge is -2.41. The molecular formula is C25H23ClN4O2. The van der Waals surface area contributed by atoms with Crippen LogP contribution in [0, 0.1) is 6.92 Å². The number of nitrogens with zero attached hydrogens (tertiary/aromatic N) is 4. The molecule has 2 aromatic carbocycles. The Morgan fingerprint density at radius 3 is 2.62 bits per heavy atom. The maximum absolute atomic E-state index is 13.5. The molecule has 1 aliphatic heterocycles. The Morgan fingerprint density at radius 2 is 1.88 bits per heavy atom. The Balaban J connectivity index is 1.48. The summed E-state index contributed by atoms with van der Waals surface area (Å²) in [6, 6.07) is 17.1. The van der Waals surface area contributed by atoms with Crippen LogP contribution in [0.2, 0.25) is 5.02 Å². The first kappa shape index (κ1) is 20.5. The number of amides is 1. The molecule has 0 saturated carbocycles. The molecule has 1 fully saturated rings. The number of hydrogen-bond donors (Lipinski definition) is 0. The largest absolute Gasteiger partial charge is 0.365 e. The Labute approximate surface area is 190 Å². The average molecular weight is 447 g/mol. The summed E-state index contributed by atoms with van der Waals surface area (Å²) in [5.41, 5.74) is 3.43. The molecule has 162 valence electrons. The smallest absolute Gasteiger partial charge is 0.265 e. The van der Waals surface area contributed by atoms with Crippen molar-refractivity contribution in [3.8, 4) is 0 Å². The summed E-state index contributed by atoms with van der Waals surface area (Å²) in [5.74, 6) is -0.119. The molecule has 5 rings (SSSR count). The number of aryl methyl sites for hydroxylation is 1. The lowest BCUT2D eigenvalue weighted by Crippen LogP contribution is -2.53. The second-order valence-electron chi connectivity index (χ2n) is 8.32. The third kappa shape index (κ3) is 3.50. The number of pyridine rings is 1. The molecule has 0 unspecified atom stereocenters. The Hall–Kier alpha value is -3.38. The average Bonchev–Trinajstić information content (AvgIpc) is 2.79. The molecular weight excluding hydrogens is 424 g/mol. The predicted octanol–water partition coefficient (Wildman–Crippen LogP) is 4.16. The number of carbonyl (C=O) groups is 1. The standard InChI is InChI=1S/C25H23ClN4O2/c1-16-5-8-19(9-6-16)29-13-12-28(15-17(29)2)24(31)21-4-3-11-30-23(21)27-22-14-18(26)7-10-20(22)25(30)32/h3-11,14,17H,12-13,15H2,1-2H3/t17-/m0/s1. The SMILES string of the molecule is Cc1ccc(N2CCN(C(=O)c3cccn4c(=O)c5ccc(Cl)cc5nc34)C[C@@H]2C)cc1. The van der Waals surface area contributed by atoms with Crippen molar-refractivity contribution in [2.24, 2.45) is 0 Å². The van der Waals surface area contributed by atoms with E-state index in [-0.39, 0.29) is 17.5 Å². The van der Waals surface area contributed by atoms with Crippen LogP contribution < -0.4 is 10.5 Å². The number of carbonyl (C=O) groups excluding carboxylic acids is 1. The van der Waals surface area contributed by atoms with Crippen LogP contribution in [0.3, 0.4) is 0 Å². The highest BCUT2D eigenvalue weighted by Crippen LogP contribution is 2.23. The van der Waals surface area contributed by atoms with Gasteiger partial charge in [0, 0.05) is 42.6 Å². The van der Waals surface area contributed by atoms with E-state index < -0.39 is 0 Å². The van der Waals surface area contributed by atoms with E-state index in [2.05, 4.69) is 48.0 Å². The van der Waals surface area contributed by atoms with E-state index in [0.717, 1.165) is 12.2 Å². The van der Waals surface area contributed by atoms with Gasteiger partial charge in [-0.2, -0.15) is 0 Å². The Bertz CT molecular complexity index is 1400. The van der Waals surface area contributed by atoms with Crippen LogP contribution in [0.15, 0.2) is 65.6 Å². The van der Waals surface area contributed by atoms with E-state index in [1.54, 1.807) is 36.5 Å². The summed E-state index contributed by atoms with van der Waals surface area (Å²) in [6.45, 7) is 6.14. The van der Waals surface area contributed by atoms with Gasteiger partial charge in [0.05, 0.1) is 16.5 Å². The molecule has 0 radical (unpaired) electrons. The zero-order valence-electron chi connectivity index (χ0n) is 18.0. The first-order chi connectivity index (χ1) is 15.4. The first-order valence-corrected chi connectivity index (χ1v) is 11.0. The van der Waals surface area contributed by atoms with Gasteiger partial charge in [0.15, 0.2) is 5.65 Å². The minimum atomic E-state index is -0.214. The molecule has 0 bridgehead atoms. The van der Waals surface area contributed by atoms with Gasteiger partial charge in [-0.05, 0) is 56.3 Å². The van der Waals surface area contributed by atoms with Crippen molar-refractivity contribution in [2.45, 2.75) is 19.9 Å². The van der Waals surface area contributed by atoms with Gasteiger partial charge in [-0.1, -0.05) is 29.3 Å². The van der Waals surface area contributed by atoms with Crippen molar-refractivity contribution in [3.63, 3.8) is 0 Å². The second-order valence-corrected chi connectivity index (χ2v) is 8.76. The lowest BCUT2D eigenvalue weighted by atomic mass is 10.1. The fourth-order valence-electron chi connectivity index (χ4n) is 4.40. The molecule has 1 saturated heterocycles. The second kappa shape index (κ2) is 7.95. The number of hydrogen-bond acceptors (Lipinski definition) is 4. The van der Waals surface area contributed by atoms with Crippen LogP contribution in [0.5, 0.6) is 0 Å². The summed E-state index contributed by atoms with van der Waals surface area (Å²) >= 11 is 6.11. The molecule has 0 N–H and O–H groups in total. The molecule has 2 aromatic heterocycles. The maximum Gasteiger partial charge on any atom is 0.265 e. The van der Waals surface area contributed by atoms with Gasteiger partial charge in [-0.25, -0.2) is 4.98 Å². The summed E-state index contributed by atoms with van der Waals surface area (Å²) < 4.78 is 1.44. The molecule has 6 nitrogen and oxygen atoms in total. The Morgan fingerprint density at radius 1 is 1.09 bits per heavy atom. The number of anilines is 1. The van der Waals surface area contributed by atoms with Crippen molar-refractivity contribution < 1.29 is 4.79 Å². The van der Waals surface area contributed by atoms with Crippen molar-refractivity contribution in [2.75, 3.05) is 24.5 Å². The summed E-state index contributed by atoms with van der Waals surface area (Å²) in [6.07, 6.45) is 1.65. The van der Waals surface area contributed by atoms with Crippen molar-refractivity contribution in [3.05, 3.63) is 87.3 Å². The van der Waals surface area contributed by atoms with Crippen LogP contribution in [0.4, 0.5) is 5.69 Å². The van der Waals surface area contributed by atoms with Gasteiger partial charge in [0.25, 0.3) is 11.5 Å². The number of benzene rings is 2. The highest BCUT2D eigenvalue weighted by molar-refractivity contribution is 6.31. The summed E-state index contributed by atoms with van der Waals surface area (Å²) in [7, 11) is 0. The normalized spacial score (nSPS) is 16.7. The minimum Gasteiger partial charge on any atom is -0.365 e. The topological polar surface area (TPSA) is 57.9 Å². The zero-order chi connectivity index (χ0) is 22.4. The quantitative estimate of drug-likeness (QED) is 0.434. The fourth-order valence-corrected chi connectivity index (χ4v) is 4.57. The van der Waals surface area contributed by atoms with Crippen molar-refractivity contribution >= 4 is 39.7 Å². The number of rotatable bonds is 2. The third-order valence-corrected chi connectivity index (χ3v) is 6.35. The molecule has 1 amide bonds. The first-order valence-electron chi connectivity index (χ1n) is 10.7. The van der Waals surface area contributed by atoms with Crippen LogP contribution in [0.25, 0.3) is 16.6 Å². The summed E-state index contributed by atoms with van der Waals surface area (Å²) in [5, 5.41) is 0.968. The number of aromatic nitrogens is 2. The van der Waals surface area contributed by atoms with E-state index in [0.29, 0.717) is 40.2 Å². The van der Waals surface area contributed by atoms with E-state index in [1.165, 1.54) is 9.96 Å². The van der Waals surface area contributed by atoms with E-state index >= 15 is 0 Å². The molecule has 4 aromatic rings. The van der Waals surface area contributed by atoms with Gasteiger partial charge in [0.1, 0.15) is 0 Å². The van der Waals surface area contributed by atoms with Gasteiger partial charge < -0.3 is 9.80 Å². The molecule has 0 aliphatic carbocycles. The van der Waals surface area contributed by atoms with E-state index in [9.17, 15) is 9.59 Å². The number of halogens is 1. The van der Waals surface area contributed by atoms with Crippen LogP contribution in [-0.4, -0.2) is 45.9 Å². The molecule has 7 heteroatoms. The summed E-state index contributed by atoms with van der Waals surface area (Å²) in [4.78, 5) is 35.3. The highest BCUT2D eigenvalue weighted by atomic mass is 35.5. The molecule has 1 atom stereocenters. The fraction of sp³-hybridized carbons (Fsp3) is 0.240. The van der Waals surface area contributed by atoms with Gasteiger partial charge in [-0.3, -0.25) is 14.0 Å². The van der Waals surface area contributed by atoms with Crippen LogP contribution in [0.1, 0.15) is 22.8 Å². The molecule has 0 spiro atoms. The molecule has 3 heterocycles. The van der Waals surface area contributed by atoms with Crippen molar-refractivity contribution in [1.29, 1.82) is 0 Å². The predicted molar refractivity (Wildman–Crippen MR) is 128 cm³/mol. The van der Waals surface area contributed by atoms with Gasteiger partial charge in [-0.15, -0.1) is 0 Å². The van der Waals surface area contributed by atoms with Gasteiger partial charge >= 0.3 is 0 Å². The lowest BCUT2D eigenvalue weighted by molar-refractivity contribution is 0.0727. The monoisotopic (exact) mass is 446 g/mol. The Kier molecular flexibility index (Phi) is 5.10. The molecule has 32 heavy (non-hydrogen) atoms.